The van der Waals surface area contributed by atoms with E-state index in [9.17, 15) is 0 Å². The predicted octanol–water partition coefficient (Wildman–Crippen LogP) is 6.24. The van der Waals surface area contributed by atoms with Crippen LogP contribution in [0.25, 0.3) is 0 Å². The van der Waals surface area contributed by atoms with Crippen LogP contribution in [0.5, 0.6) is 0 Å². The minimum atomic E-state index is 0.520. The summed E-state index contributed by atoms with van der Waals surface area (Å²) in [6, 6.07) is 0. The molecule has 0 fully saturated rings. The Morgan fingerprint density at radius 3 is 2.16 bits per heavy atom. The van der Waals surface area contributed by atoms with E-state index in [1.54, 1.807) is 0 Å². The number of allylic oxidation sites excluding steroid dienone is 2. The van der Waals surface area contributed by atoms with Gasteiger partial charge < -0.3 is 4.74 Å². The average Bonchev–Trinajstić information content (AvgIpc) is 2.83. The molecule has 19 heavy (non-hydrogen) atoms. The zero-order valence-corrected chi connectivity index (χ0v) is 13.5. The van der Waals surface area contributed by atoms with Crippen molar-refractivity contribution in [1.82, 2.24) is 0 Å². The van der Waals surface area contributed by atoms with Crippen LogP contribution in [0.3, 0.4) is 0 Å². The fourth-order valence-corrected chi connectivity index (χ4v) is 2.62. The highest BCUT2D eigenvalue weighted by molar-refractivity contribution is 4.99. The second-order valence-corrected chi connectivity index (χ2v) is 7.20. The van der Waals surface area contributed by atoms with E-state index < -0.39 is 0 Å². The summed E-state index contributed by atoms with van der Waals surface area (Å²) in [5.41, 5.74) is 0.520. The number of unbranched alkanes of at least 4 members (excludes halogenated alkanes) is 6. The standard InChI is InChI=1S/C18H34O/c1-18(2,3)15-11-7-5-4-6-8-12-16-19-17-13-9-10-14-17/h13H,4-12,14-16H2,1-3H3. The molecule has 0 N–H and O–H groups in total. The molecule has 0 unspecified atom stereocenters. The van der Waals surface area contributed by atoms with Crippen LogP contribution in [0, 0.1) is 5.41 Å². The Hall–Kier alpha value is -0.460. The maximum absolute atomic E-state index is 5.75. The molecular formula is C18H34O. The lowest BCUT2D eigenvalue weighted by atomic mass is 9.89. The Morgan fingerprint density at radius 1 is 0.947 bits per heavy atom. The third-order valence-electron chi connectivity index (χ3n) is 3.86. The average molecular weight is 266 g/mol. The largest absolute Gasteiger partial charge is 0.498 e. The molecule has 0 aromatic heterocycles. The van der Waals surface area contributed by atoms with Gasteiger partial charge in [0.05, 0.1) is 12.4 Å². The van der Waals surface area contributed by atoms with Crippen LogP contribution < -0.4 is 0 Å². The van der Waals surface area contributed by atoms with E-state index in [1.165, 1.54) is 76.4 Å². The van der Waals surface area contributed by atoms with Crippen molar-refractivity contribution < 1.29 is 4.74 Å². The molecule has 1 aliphatic carbocycles. The molecule has 0 radical (unpaired) electrons. The third-order valence-corrected chi connectivity index (χ3v) is 3.86. The summed E-state index contributed by atoms with van der Waals surface area (Å²) in [6.45, 7) is 7.96. The lowest BCUT2D eigenvalue weighted by Crippen LogP contribution is -2.03. The fourth-order valence-electron chi connectivity index (χ4n) is 2.62. The first-order chi connectivity index (χ1) is 9.08. The maximum atomic E-state index is 5.75. The monoisotopic (exact) mass is 266 g/mol. The fraction of sp³-hybridized carbons (Fsp3) is 0.889. The Morgan fingerprint density at radius 2 is 1.58 bits per heavy atom. The highest BCUT2D eigenvalue weighted by Gasteiger charge is 2.08. The zero-order valence-electron chi connectivity index (χ0n) is 13.5. The van der Waals surface area contributed by atoms with E-state index in [0.29, 0.717) is 5.41 Å². The molecule has 0 heterocycles. The van der Waals surface area contributed by atoms with E-state index in [1.807, 2.05) is 0 Å². The summed E-state index contributed by atoms with van der Waals surface area (Å²) in [7, 11) is 0. The SMILES string of the molecule is CC(C)(C)CCCCCCCCCOC1=CCCC1. The zero-order chi connectivity index (χ0) is 14.0. The van der Waals surface area contributed by atoms with Gasteiger partial charge in [-0.2, -0.15) is 0 Å². The van der Waals surface area contributed by atoms with Crippen molar-refractivity contribution in [3.8, 4) is 0 Å². The minimum absolute atomic E-state index is 0.520. The van der Waals surface area contributed by atoms with Crippen molar-refractivity contribution in [2.45, 2.75) is 91.4 Å². The predicted molar refractivity (Wildman–Crippen MR) is 84.3 cm³/mol. The maximum Gasteiger partial charge on any atom is 0.0920 e. The van der Waals surface area contributed by atoms with Gasteiger partial charge >= 0.3 is 0 Å². The summed E-state index contributed by atoms with van der Waals surface area (Å²) in [5, 5.41) is 0. The highest BCUT2D eigenvalue weighted by atomic mass is 16.5. The van der Waals surface area contributed by atoms with Gasteiger partial charge in [0.15, 0.2) is 0 Å². The molecule has 1 nitrogen and oxygen atoms in total. The van der Waals surface area contributed by atoms with Crippen molar-refractivity contribution >= 4 is 0 Å². The second-order valence-electron chi connectivity index (χ2n) is 7.20. The highest BCUT2D eigenvalue weighted by Crippen LogP contribution is 2.22. The van der Waals surface area contributed by atoms with Crippen LogP contribution in [0.15, 0.2) is 11.8 Å². The Bertz CT molecular complexity index is 247. The van der Waals surface area contributed by atoms with Gasteiger partial charge in [-0.25, -0.2) is 0 Å². The number of ether oxygens (including phenoxy) is 1. The number of rotatable bonds is 10. The Kier molecular flexibility index (Phi) is 8.25. The molecule has 0 aromatic carbocycles. The summed E-state index contributed by atoms with van der Waals surface area (Å²) in [5.74, 6) is 1.25. The smallest absolute Gasteiger partial charge is 0.0920 e. The molecule has 1 aliphatic rings. The van der Waals surface area contributed by atoms with Gasteiger partial charge in [-0.3, -0.25) is 0 Å². The molecule has 0 saturated heterocycles. The van der Waals surface area contributed by atoms with Gasteiger partial charge in [0, 0.05) is 6.42 Å². The first-order valence-electron chi connectivity index (χ1n) is 8.40. The summed E-state index contributed by atoms with van der Waals surface area (Å²) >= 11 is 0. The molecule has 0 bridgehead atoms. The number of hydrogen-bond donors (Lipinski definition) is 0. The van der Waals surface area contributed by atoms with E-state index in [-0.39, 0.29) is 0 Å². The molecule has 0 spiro atoms. The van der Waals surface area contributed by atoms with Crippen molar-refractivity contribution in [3.05, 3.63) is 11.8 Å². The van der Waals surface area contributed by atoms with Crippen LogP contribution in [0.4, 0.5) is 0 Å². The van der Waals surface area contributed by atoms with Gasteiger partial charge in [-0.15, -0.1) is 0 Å². The van der Waals surface area contributed by atoms with Crippen LogP contribution in [0.1, 0.15) is 91.4 Å². The van der Waals surface area contributed by atoms with Crippen molar-refractivity contribution in [2.75, 3.05) is 6.61 Å². The van der Waals surface area contributed by atoms with Gasteiger partial charge in [0.2, 0.25) is 0 Å². The Balaban J connectivity index is 1.76. The minimum Gasteiger partial charge on any atom is -0.498 e. The summed E-state index contributed by atoms with van der Waals surface area (Å²) in [6.07, 6.45) is 16.9. The van der Waals surface area contributed by atoms with Gasteiger partial charge in [-0.05, 0) is 37.2 Å². The van der Waals surface area contributed by atoms with Crippen molar-refractivity contribution in [3.63, 3.8) is 0 Å². The van der Waals surface area contributed by atoms with Gasteiger partial charge in [-0.1, -0.05) is 59.3 Å². The molecule has 0 aromatic rings. The summed E-state index contributed by atoms with van der Waals surface area (Å²) < 4.78 is 5.75. The van der Waals surface area contributed by atoms with Gasteiger partial charge in [0.25, 0.3) is 0 Å². The van der Waals surface area contributed by atoms with E-state index >= 15 is 0 Å². The van der Waals surface area contributed by atoms with E-state index in [4.69, 9.17) is 4.74 Å². The second kappa shape index (κ2) is 9.44. The normalized spacial score (nSPS) is 15.6. The first kappa shape index (κ1) is 16.6. The van der Waals surface area contributed by atoms with E-state index in [2.05, 4.69) is 26.8 Å². The molecule has 0 aliphatic heterocycles. The van der Waals surface area contributed by atoms with Crippen LogP contribution in [-0.4, -0.2) is 6.61 Å². The van der Waals surface area contributed by atoms with Crippen LogP contribution in [0.2, 0.25) is 0 Å². The molecular weight excluding hydrogens is 232 g/mol. The quantitative estimate of drug-likeness (QED) is 0.425. The molecule has 0 amide bonds. The van der Waals surface area contributed by atoms with E-state index in [0.717, 1.165) is 6.61 Å². The molecule has 0 atom stereocenters. The molecule has 1 heteroatoms. The van der Waals surface area contributed by atoms with Crippen molar-refractivity contribution in [1.29, 1.82) is 0 Å². The lowest BCUT2D eigenvalue weighted by molar-refractivity contribution is 0.199. The molecule has 112 valence electrons. The van der Waals surface area contributed by atoms with Gasteiger partial charge in [0.1, 0.15) is 0 Å². The van der Waals surface area contributed by atoms with Crippen LogP contribution in [-0.2, 0) is 4.74 Å². The third kappa shape index (κ3) is 10.0. The number of hydrogen-bond acceptors (Lipinski definition) is 1. The summed E-state index contributed by atoms with van der Waals surface area (Å²) in [4.78, 5) is 0. The van der Waals surface area contributed by atoms with Crippen LogP contribution >= 0.6 is 0 Å². The first-order valence-corrected chi connectivity index (χ1v) is 8.40. The molecule has 1 rings (SSSR count). The molecule has 0 saturated carbocycles. The lowest BCUT2D eigenvalue weighted by Gasteiger charge is -2.17. The van der Waals surface area contributed by atoms with Crippen molar-refractivity contribution in [2.24, 2.45) is 5.41 Å². The Labute approximate surface area is 120 Å². The topological polar surface area (TPSA) is 9.23 Å².